The molecule has 7 nitrogen and oxygen atoms in total. The van der Waals surface area contributed by atoms with Crippen molar-refractivity contribution in [3.63, 3.8) is 0 Å². The predicted octanol–water partition coefficient (Wildman–Crippen LogP) is 6.18. The zero-order valence-electron chi connectivity index (χ0n) is 26.6. The van der Waals surface area contributed by atoms with E-state index in [1.54, 1.807) is 6.07 Å². The van der Waals surface area contributed by atoms with Gasteiger partial charge in [0.15, 0.2) is 11.5 Å². The highest BCUT2D eigenvalue weighted by atomic mass is 16.6. The molecule has 0 aromatic heterocycles. The minimum Gasteiger partial charge on any atom is -0.508 e. The first kappa shape index (κ1) is 29.6. The first-order valence-electron chi connectivity index (χ1n) is 17.1. The number of phenolic OH excluding ortho intramolecular Hbond substituents is 1. The maximum atomic E-state index is 14.0. The van der Waals surface area contributed by atoms with Crippen LogP contribution in [0.1, 0.15) is 95.2 Å². The van der Waals surface area contributed by atoms with Crippen molar-refractivity contribution in [2.75, 3.05) is 13.1 Å². The minimum absolute atomic E-state index is 0.0484. The van der Waals surface area contributed by atoms with Gasteiger partial charge in [0, 0.05) is 54.6 Å². The molecule has 0 unspecified atom stereocenters. The van der Waals surface area contributed by atoms with Gasteiger partial charge in [0.2, 0.25) is 5.91 Å². The van der Waals surface area contributed by atoms with Gasteiger partial charge in [-0.05, 0) is 95.6 Å². The van der Waals surface area contributed by atoms with E-state index >= 15 is 0 Å². The number of unbranched alkanes of at least 4 members (excludes halogenated alkanes) is 2. The van der Waals surface area contributed by atoms with Crippen LogP contribution in [0.25, 0.3) is 0 Å². The lowest BCUT2D eigenvalue weighted by Crippen LogP contribution is -2.69. The molecule has 2 aromatic rings. The van der Waals surface area contributed by atoms with Crippen LogP contribution in [-0.2, 0) is 27.8 Å². The van der Waals surface area contributed by atoms with Gasteiger partial charge in [-0.1, -0.05) is 36.8 Å². The van der Waals surface area contributed by atoms with Crippen molar-refractivity contribution in [1.82, 2.24) is 9.80 Å². The number of carbonyl (C=O) groups is 2. The third kappa shape index (κ3) is 5.09. The number of carbonyl (C=O) groups excluding carboxylic acids is 2. The Hall–Kier alpha value is -3.06. The Morgan fingerprint density at radius 1 is 1.11 bits per heavy atom. The number of nitrogens with zero attached hydrogens (tertiary/aromatic N) is 2. The topological polar surface area (TPSA) is 79.3 Å². The van der Waals surface area contributed by atoms with E-state index in [1.807, 2.05) is 6.07 Å². The van der Waals surface area contributed by atoms with Crippen molar-refractivity contribution in [3.8, 4) is 17.2 Å². The van der Waals surface area contributed by atoms with Crippen molar-refractivity contribution in [2.45, 2.75) is 121 Å². The summed E-state index contributed by atoms with van der Waals surface area (Å²) >= 11 is 0. The summed E-state index contributed by atoms with van der Waals surface area (Å²) < 4.78 is 12.6. The van der Waals surface area contributed by atoms with E-state index in [9.17, 15) is 14.7 Å². The summed E-state index contributed by atoms with van der Waals surface area (Å²) in [5, 5.41) is 11.4. The van der Waals surface area contributed by atoms with Crippen LogP contribution in [0.15, 0.2) is 36.4 Å². The van der Waals surface area contributed by atoms with Crippen molar-refractivity contribution in [2.24, 2.45) is 11.8 Å². The maximum Gasteiger partial charge on any atom is 0.308 e. The Morgan fingerprint density at radius 3 is 2.64 bits per heavy atom. The molecule has 1 N–H and O–H groups in total. The van der Waals surface area contributed by atoms with Gasteiger partial charge in [-0.3, -0.25) is 14.5 Å². The standard InChI is InChI=1S/C37H48N2O5/c1-23(2)39(33(42)13-9-5-8-12-25-10-6-4-7-11-25)29-17-16-28-30-20-27-31(41)21-32(43-24(3)40)35-34(27)37(28,36(29)44-35)18-19-38(30)22-26-14-15-26/h4,6-7,10-11,21,23,26,28-30,36,41H,5,8-9,12-20,22H2,1-3H3/t28-,29+,30+,36-,37-/m0/s1. The zero-order valence-corrected chi connectivity index (χ0v) is 26.6. The molecule has 236 valence electrons. The van der Waals surface area contributed by atoms with Crippen molar-refractivity contribution < 1.29 is 24.2 Å². The Morgan fingerprint density at radius 2 is 1.91 bits per heavy atom. The number of rotatable bonds is 11. The van der Waals surface area contributed by atoms with E-state index in [4.69, 9.17) is 9.47 Å². The van der Waals surface area contributed by atoms with E-state index in [-0.39, 0.29) is 35.3 Å². The molecule has 2 aliphatic heterocycles. The maximum absolute atomic E-state index is 14.0. The molecular weight excluding hydrogens is 552 g/mol. The quantitative estimate of drug-likeness (QED) is 0.189. The number of hydrogen-bond donors (Lipinski definition) is 1. The number of amides is 1. The number of hydrogen-bond acceptors (Lipinski definition) is 6. The number of piperidine rings is 1. The second-order valence-corrected chi connectivity index (χ2v) is 14.4. The smallest absolute Gasteiger partial charge is 0.308 e. The lowest BCUT2D eigenvalue weighted by Gasteiger charge is -2.61. The molecule has 2 aromatic carbocycles. The summed E-state index contributed by atoms with van der Waals surface area (Å²) in [7, 11) is 0. The number of ether oxygens (including phenoxy) is 2. The van der Waals surface area contributed by atoms with E-state index in [0.717, 1.165) is 81.5 Å². The Bertz CT molecular complexity index is 1400. The van der Waals surface area contributed by atoms with Gasteiger partial charge in [0.05, 0.1) is 6.04 Å². The molecule has 1 spiro atoms. The predicted molar refractivity (Wildman–Crippen MR) is 169 cm³/mol. The average molecular weight is 601 g/mol. The Balaban J connectivity index is 1.16. The highest BCUT2D eigenvalue weighted by molar-refractivity contribution is 5.77. The number of likely N-dealkylation sites (tertiary alicyclic amines) is 1. The number of aryl methyl sites for hydroxylation is 1. The molecule has 0 radical (unpaired) electrons. The monoisotopic (exact) mass is 600 g/mol. The molecule has 2 bridgehead atoms. The third-order valence-corrected chi connectivity index (χ3v) is 11.3. The zero-order chi connectivity index (χ0) is 30.6. The Kier molecular flexibility index (Phi) is 7.88. The third-order valence-electron chi connectivity index (χ3n) is 11.3. The van der Waals surface area contributed by atoms with Crippen LogP contribution >= 0.6 is 0 Å². The highest BCUT2D eigenvalue weighted by Gasteiger charge is 2.67. The number of benzene rings is 2. The summed E-state index contributed by atoms with van der Waals surface area (Å²) in [5.74, 6) is 2.11. The Labute approximate surface area is 261 Å². The average Bonchev–Trinajstić information content (AvgIpc) is 3.74. The lowest BCUT2D eigenvalue weighted by molar-refractivity contribution is -0.146. The molecule has 44 heavy (non-hydrogen) atoms. The van der Waals surface area contributed by atoms with Crippen molar-refractivity contribution >= 4 is 11.9 Å². The van der Waals surface area contributed by atoms with Crippen LogP contribution < -0.4 is 9.47 Å². The van der Waals surface area contributed by atoms with Gasteiger partial charge >= 0.3 is 5.97 Å². The fourth-order valence-electron chi connectivity index (χ4n) is 9.44. The van der Waals surface area contributed by atoms with Crippen LogP contribution in [0.4, 0.5) is 0 Å². The van der Waals surface area contributed by atoms with Crippen LogP contribution in [0.3, 0.4) is 0 Å². The molecule has 7 heteroatoms. The summed E-state index contributed by atoms with van der Waals surface area (Å²) in [6.07, 6.45) is 10.7. The number of esters is 1. The number of phenols is 1. The van der Waals surface area contributed by atoms with Gasteiger partial charge in [0.25, 0.3) is 0 Å². The summed E-state index contributed by atoms with van der Waals surface area (Å²) in [4.78, 5) is 31.0. The van der Waals surface area contributed by atoms with E-state index in [1.165, 1.54) is 25.3 Å². The normalized spacial score (nSPS) is 28.4. The molecular formula is C37H48N2O5. The number of aromatic hydroxyl groups is 1. The molecule has 7 rings (SSSR count). The minimum atomic E-state index is -0.427. The second kappa shape index (κ2) is 11.7. The largest absolute Gasteiger partial charge is 0.508 e. The fourth-order valence-corrected chi connectivity index (χ4v) is 9.44. The van der Waals surface area contributed by atoms with E-state index in [2.05, 4.69) is 47.9 Å². The van der Waals surface area contributed by atoms with Crippen LogP contribution in [0, 0.1) is 11.8 Å². The molecule has 1 amide bonds. The van der Waals surface area contributed by atoms with Crippen molar-refractivity contribution in [3.05, 3.63) is 53.1 Å². The summed E-state index contributed by atoms with van der Waals surface area (Å²) in [6.45, 7) is 7.78. The van der Waals surface area contributed by atoms with E-state index < -0.39 is 5.97 Å². The van der Waals surface area contributed by atoms with Crippen LogP contribution in [0.2, 0.25) is 0 Å². The second-order valence-electron chi connectivity index (χ2n) is 14.4. The van der Waals surface area contributed by atoms with Gasteiger partial charge in [-0.15, -0.1) is 0 Å². The van der Waals surface area contributed by atoms with Crippen LogP contribution in [0.5, 0.6) is 17.2 Å². The first-order chi connectivity index (χ1) is 21.3. The molecule has 3 fully saturated rings. The first-order valence-corrected chi connectivity index (χ1v) is 17.1. The fraction of sp³-hybridized carbons (Fsp3) is 0.622. The molecule has 2 saturated carbocycles. The van der Waals surface area contributed by atoms with Crippen LogP contribution in [-0.4, -0.2) is 64.1 Å². The van der Waals surface area contributed by atoms with Gasteiger partial charge in [0.1, 0.15) is 11.9 Å². The summed E-state index contributed by atoms with van der Waals surface area (Å²) in [6, 6.07) is 12.5. The SMILES string of the molecule is CC(=O)Oc1cc(O)c2c3c1O[C@H]1[C@H](N(C(=O)CCCCCc4ccccc4)C(C)C)CC[C@H]4[C@@H](C2)N(CC2CC2)CC[C@@]341. The molecule has 5 atom stereocenters. The van der Waals surface area contributed by atoms with Crippen molar-refractivity contribution in [1.29, 1.82) is 0 Å². The molecule has 2 heterocycles. The molecule has 3 aliphatic carbocycles. The van der Waals surface area contributed by atoms with E-state index in [0.29, 0.717) is 29.9 Å². The van der Waals surface area contributed by atoms with Gasteiger partial charge < -0.3 is 19.5 Å². The lowest BCUT2D eigenvalue weighted by atomic mass is 9.50. The van der Waals surface area contributed by atoms with Gasteiger partial charge in [-0.2, -0.15) is 0 Å². The molecule has 5 aliphatic rings. The summed E-state index contributed by atoms with van der Waals surface area (Å²) in [5.41, 5.74) is 3.08. The molecule has 1 saturated heterocycles. The highest BCUT2D eigenvalue weighted by Crippen LogP contribution is 2.66. The van der Waals surface area contributed by atoms with Gasteiger partial charge in [-0.25, -0.2) is 0 Å².